The number of amides is 1. The lowest BCUT2D eigenvalue weighted by Gasteiger charge is -2.12. The lowest BCUT2D eigenvalue weighted by molar-refractivity contribution is -0.148. The van der Waals surface area contributed by atoms with Crippen LogP contribution in [0.5, 0.6) is 0 Å². The molecule has 0 aliphatic heterocycles. The number of furan rings is 1. The monoisotopic (exact) mass is 391 g/mol. The molecule has 2 rings (SSSR count). The van der Waals surface area contributed by atoms with Crippen molar-refractivity contribution in [3.05, 3.63) is 58.5 Å². The fourth-order valence-corrected chi connectivity index (χ4v) is 2.22. The van der Waals surface area contributed by atoms with E-state index in [0.29, 0.717) is 16.1 Å². The number of hydrogen-bond acceptors (Lipinski definition) is 4. The number of rotatable bonds is 6. The van der Waals surface area contributed by atoms with Crippen molar-refractivity contribution in [1.82, 2.24) is 0 Å². The van der Waals surface area contributed by atoms with Crippen LogP contribution in [0.15, 0.2) is 51.6 Å². The topological polar surface area (TPSA) is 68.5 Å². The van der Waals surface area contributed by atoms with Crippen molar-refractivity contribution in [2.24, 2.45) is 0 Å². The Hall–Kier alpha value is -2.34. The molecule has 126 valence electrons. The van der Waals surface area contributed by atoms with Gasteiger partial charge in [-0.2, -0.15) is 0 Å². The first-order valence-corrected chi connectivity index (χ1v) is 8.31. The molecular formula is C18H18BrNO4. The predicted molar refractivity (Wildman–Crippen MR) is 95.4 cm³/mol. The zero-order valence-electron chi connectivity index (χ0n) is 13.4. The number of ether oxygens (including phenoxy) is 1. The van der Waals surface area contributed by atoms with Gasteiger partial charge in [0.1, 0.15) is 5.76 Å². The Morgan fingerprint density at radius 3 is 2.54 bits per heavy atom. The number of aryl methyl sites for hydroxylation is 1. The zero-order chi connectivity index (χ0) is 17.5. The molecule has 1 N–H and O–H groups in total. The van der Waals surface area contributed by atoms with Crippen LogP contribution < -0.4 is 5.32 Å². The van der Waals surface area contributed by atoms with Gasteiger partial charge in [0.05, 0.1) is 0 Å². The van der Waals surface area contributed by atoms with Crippen molar-refractivity contribution in [3.8, 4) is 0 Å². The number of halogens is 1. The van der Waals surface area contributed by atoms with E-state index in [0.717, 1.165) is 6.42 Å². The first-order valence-electron chi connectivity index (χ1n) is 7.51. The van der Waals surface area contributed by atoms with E-state index in [4.69, 9.17) is 9.15 Å². The molecule has 0 unspecified atom stereocenters. The van der Waals surface area contributed by atoms with Gasteiger partial charge in [0.25, 0.3) is 5.91 Å². The first-order chi connectivity index (χ1) is 11.5. The molecule has 1 atom stereocenters. The quantitative estimate of drug-likeness (QED) is 0.591. The third-order valence-electron chi connectivity index (χ3n) is 3.27. The van der Waals surface area contributed by atoms with Crippen LogP contribution in [0, 0.1) is 0 Å². The predicted octanol–water partition coefficient (Wildman–Crippen LogP) is 4.19. The van der Waals surface area contributed by atoms with Gasteiger partial charge >= 0.3 is 5.97 Å². The molecule has 6 heteroatoms. The summed E-state index contributed by atoms with van der Waals surface area (Å²) in [4.78, 5) is 23.8. The number of carbonyl (C=O) groups is 2. The molecule has 0 bridgehead atoms. The zero-order valence-corrected chi connectivity index (χ0v) is 15.0. The average Bonchev–Trinajstić information content (AvgIpc) is 2.99. The summed E-state index contributed by atoms with van der Waals surface area (Å²) in [6, 6.07) is 10.9. The van der Waals surface area contributed by atoms with Crippen molar-refractivity contribution >= 4 is 39.6 Å². The molecule has 0 fully saturated rings. The minimum Gasteiger partial charge on any atom is -0.450 e. The Morgan fingerprint density at radius 1 is 1.25 bits per heavy atom. The Bertz CT molecular complexity index is 734. The van der Waals surface area contributed by atoms with Gasteiger partial charge in [-0.25, -0.2) is 4.79 Å². The summed E-state index contributed by atoms with van der Waals surface area (Å²) in [5.41, 5.74) is 1.85. The van der Waals surface area contributed by atoms with E-state index in [1.54, 1.807) is 12.1 Å². The van der Waals surface area contributed by atoms with Gasteiger partial charge in [-0.05, 0) is 65.2 Å². The van der Waals surface area contributed by atoms with Gasteiger partial charge in [0.15, 0.2) is 10.8 Å². The maximum Gasteiger partial charge on any atom is 0.331 e. The fourth-order valence-electron chi connectivity index (χ4n) is 1.90. The minimum absolute atomic E-state index is 0.387. The van der Waals surface area contributed by atoms with Crippen molar-refractivity contribution in [1.29, 1.82) is 0 Å². The second-order valence-electron chi connectivity index (χ2n) is 5.09. The molecule has 5 nitrogen and oxygen atoms in total. The molecule has 1 amide bonds. The van der Waals surface area contributed by atoms with Crippen molar-refractivity contribution in [3.63, 3.8) is 0 Å². The molecular weight excluding hydrogens is 374 g/mol. The highest BCUT2D eigenvalue weighted by molar-refractivity contribution is 9.10. The highest BCUT2D eigenvalue weighted by atomic mass is 79.9. The number of benzene rings is 1. The number of hydrogen-bond donors (Lipinski definition) is 1. The number of carbonyl (C=O) groups excluding carboxylic acids is 2. The standard InChI is InChI=1S/C18H18BrNO4/c1-3-13-4-6-14(7-5-13)20-18(22)12(2)23-17(21)11-9-15-8-10-16(19)24-15/h4-12H,3H2,1-2H3,(H,20,22)/b11-9+/t12-/m0/s1. The molecule has 0 radical (unpaired) electrons. The molecule has 0 saturated carbocycles. The van der Waals surface area contributed by atoms with E-state index in [1.165, 1.54) is 24.6 Å². The summed E-state index contributed by atoms with van der Waals surface area (Å²) in [6.45, 7) is 3.58. The first kappa shape index (κ1) is 18.0. The minimum atomic E-state index is -0.906. The number of esters is 1. The average molecular weight is 392 g/mol. The van der Waals surface area contributed by atoms with E-state index in [2.05, 4.69) is 28.2 Å². The third kappa shape index (κ3) is 5.38. The highest BCUT2D eigenvalue weighted by Gasteiger charge is 2.16. The van der Waals surface area contributed by atoms with Crippen LogP contribution in [-0.4, -0.2) is 18.0 Å². The van der Waals surface area contributed by atoms with Crippen LogP contribution in [0.2, 0.25) is 0 Å². The molecule has 1 aromatic carbocycles. The van der Waals surface area contributed by atoms with E-state index in [1.807, 2.05) is 24.3 Å². The summed E-state index contributed by atoms with van der Waals surface area (Å²) in [6.07, 6.45) is 2.71. The lowest BCUT2D eigenvalue weighted by atomic mass is 10.1. The molecule has 2 aromatic rings. The third-order valence-corrected chi connectivity index (χ3v) is 3.70. The highest BCUT2D eigenvalue weighted by Crippen LogP contribution is 2.15. The number of anilines is 1. The van der Waals surface area contributed by atoms with Gasteiger partial charge in [-0.15, -0.1) is 0 Å². The van der Waals surface area contributed by atoms with Gasteiger partial charge in [0.2, 0.25) is 0 Å². The summed E-state index contributed by atoms with van der Waals surface area (Å²) in [5, 5.41) is 2.71. The van der Waals surface area contributed by atoms with Crippen LogP contribution >= 0.6 is 15.9 Å². The van der Waals surface area contributed by atoms with Gasteiger partial charge in [-0.1, -0.05) is 19.1 Å². The summed E-state index contributed by atoms with van der Waals surface area (Å²) in [5.74, 6) is -0.500. The molecule has 1 heterocycles. The molecule has 0 saturated heterocycles. The van der Waals surface area contributed by atoms with Crippen LogP contribution in [0.3, 0.4) is 0 Å². The smallest absolute Gasteiger partial charge is 0.331 e. The Balaban J connectivity index is 1.85. The normalized spacial score (nSPS) is 12.1. The molecule has 1 aromatic heterocycles. The SMILES string of the molecule is CCc1ccc(NC(=O)[C@H](C)OC(=O)/C=C/c2ccc(Br)o2)cc1. The molecule has 24 heavy (non-hydrogen) atoms. The fraction of sp³-hybridized carbons (Fsp3) is 0.222. The van der Waals surface area contributed by atoms with E-state index in [-0.39, 0.29) is 5.91 Å². The summed E-state index contributed by atoms with van der Waals surface area (Å²) in [7, 11) is 0. The van der Waals surface area contributed by atoms with E-state index >= 15 is 0 Å². The lowest BCUT2D eigenvalue weighted by Crippen LogP contribution is -2.29. The van der Waals surface area contributed by atoms with Crippen molar-refractivity contribution in [2.45, 2.75) is 26.4 Å². The second kappa shape index (κ2) is 8.49. The summed E-state index contributed by atoms with van der Waals surface area (Å²) < 4.78 is 10.9. The van der Waals surface area contributed by atoms with E-state index < -0.39 is 12.1 Å². The molecule has 0 aliphatic rings. The van der Waals surface area contributed by atoms with Crippen LogP contribution in [0.25, 0.3) is 6.08 Å². The second-order valence-corrected chi connectivity index (χ2v) is 5.88. The van der Waals surface area contributed by atoms with E-state index in [9.17, 15) is 9.59 Å². The van der Waals surface area contributed by atoms with Gasteiger partial charge in [0, 0.05) is 11.8 Å². The largest absolute Gasteiger partial charge is 0.450 e. The van der Waals surface area contributed by atoms with Crippen LogP contribution in [0.1, 0.15) is 25.2 Å². The van der Waals surface area contributed by atoms with Crippen molar-refractivity contribution in [2.75, 3.05) is 5.32 Å². The summed E-state index contributed by atoms with van der Waals surface area (Å²) >= 11 is 3.17. The Morgan fingerprint density at radius 2 is 1.96 bits per heavy atom. The van der Waals surface area contributed by atoms with Crippen molar-refractivity contribution < 1.29 is 18.7 Å². The Kier molecular flexibility index (Phi) is 6.37. The Labute approximate surface area is 148 Å². The molecule has 0 aliphatic carbocycles. The van der Waals surface area contributed by atoms with Gasteiger partial charge < -0.3 is 14.5 Å². The number of nitrogens with one attached hydrogen (secondary N) is 1. The van der Waals surface area contributed by atoms with Crippen LogP contribution in [-0.2, 0) is 20.7 Å². The maximum atomic E-state index is 12.0. The maximum absolute atomic E-state index is 12.0. The van der Waals surface area contributed by atoms with Crippen LogP contribution in [0.4, 0.5) is 5.69 Å². The van der Waals surface area contributed by atoms with Gasteiger partial charge in [-0.3, -0.25) is 4.79 Å². The molecule has 0 spiro atoms.